The van der Waals surface area contributed by atoms with Crippen LogP contribution in [0.2, 0.25) is 0 Å². The summed E-state index contributed by atoms with van der Waals surface area (Å²) in [7, 11) is -2.05. The van der Waals surface area contributed by atoms with Crippen LogP contribution in [0.15, 0.2) is 35.2 Å². The highest BCUT2D eigenvalue weighted by Crippen LogP contribution is 2.21. The minimum atomic E-state index is -3.66. The van der Waals surface area contributed by atoms with E-state index in [2.05, 4.69) is 9.82 Å². The zero-order valence-corrected chi connectivity index (χ0v) is 11.6. The molecule has 0 radical (unpaired) electrons. The van der Waals surface area contributed by atoms with Gasteiger partial charge in [0.1, 0.15) is 10.7 Å². The Morgan fingerprint density at radius 3 is 2.47 bits per heavy atom. The van der Waals surface area contributed by atoms with Crippen LogP contribution < -0.4 is 10.5 Å². The third kappa shape index (κ3) is 2.77. The predicted molar refractivity (Wildman–Crippen MR) is 72.8 cm³/mol. The van der Waals surface area contributed by atoms with Crippen LogP contribution in [0.5, 0.6) is 0 Å². The summed E-state index contributed by atoms with van der Waals surface area (Å²) in [6.45, 7) is 1.84. The molecule has 0 unspecified atom stereocenters. The van der Waals surface area contributed by atoms with Gasteiger partial charge in [0, 0.05) is 13.6 Å². The Morgan fingerprint density at radius 2 is 1.95 bits per heavy atom. The number of nitrogen functional groups attached to an aromatic ring is 1. The van der Waals surface area contributed by atoms with E-state index in [9.17, 15) is 8.42 Å². The second kappa shape index (κ2) is 5.02. The zero-order chi connectivity index (χ0) is 14.0. The van der Waals surface area contributed by atoms with Gasteiger partial charge in [0.15, 0.2) is 0 Å². The van der Waals surface area contributed by atoms with Crippen LogP contribution in [0.3, 0.4) is 0 Å². The third-order valence-electron chi connectivity index (χ3n) is 2.79. The molecule has 0 atom stereocenters. The van der Waals surface area contributed by atoms with E-state index in [1.807, 2.05) is 30.3 Å². The Balaban J connectivity index is 2.24. The van der Waals surface area contributed by atoms with Crippen molar-refractivity contribution in [2.75, 3.05) is 5.73 Å². The standard InChI is InChI=1S/C12H16N4O2S/c1-9-11(12(13)16(2)15-9)19(17,18)14-8-10-6-4-3-5-7-10/h3-7,14H,8,13H2,1-2H3. The number of hydrogen-bond donors (Lipinski definition) is 2. The van der Waals surface area contributed by atoms with Gasteiger partial charge in [-0.05, 0) is 12.5 Å². The van der Waals surface area contributed by atoms with Crippen LogP contribution in [-0.2, 0) is 23.6 Å². The first-order valence-corrected chi connectivity index (χ1v) is 7.23. The molecule has 2 aromatic rings. The van der Waals surface area contributed by atoms with Gasteiger partial charge in [-0.3, -0.25) is 4.68 Å². The minimum Gasteiger partial charge on any atom is -0.383 e. The SMILES string of the molecule is Cc1nn(C)c(N)c1S(=O)(=O)NCc1ccccc1. The fraction of sp³-hybridized carbons (Fsp3) is 0.250. The summed E-state index contributed by atoms with van der Waals surface area (Å²) >= 11 is 0. The predicted octanol–water partition coefficient (Wildman–Crippen LogP) is 0.789. The fourth-order valence-electron chi connectivity index (χ4n) is 1.84. The van der Waals surface area contributed by atoms with Crippen LogP contribution in [-0.4, -0.2) is 18.2 Å². The Kier molecular flexibility index (Phi) is 3.59. The maximum atomic E-state index is 12.2. The number of nitrogens with one attached hydrogen (secondary N) is 1. The van der Waals surface area contributed by atoms with Gasteiger partial charge in [0.2, 0.25) is 10.0 Å². The lowest BCUT2D eigenvalue weighted by Crippen LogP contribution is -2.24. The number of hydrogen-bond acceptors (Lipinski definition) is 4. The number of anilines is 1. The molecule has 1 heterocycles. The Morgan fingerprint density at radius 1 is 1.32 bits per heavy atom. The number of aryl methyl sites for hydroxylation is 2. The van der Waals surface area contributed by atoms with Crippen LogP contribution in [0.4, 0.5) is 5.82 Å². The lowest BCUT2D eigenvalue weighted by atomic mass is 10.2. The normalized spacial score (nSPS) is 11.7. The molecule has 0 fully saturated rings. The molecule has 7 heteroatoms. The topological polar surface area (TPSA) is 90.0 Å². The van der Waals surface area contributed by atoms with Crippen molar-refractivity contribution in [1.29, 1.82) is 0 Å². The number of aromatic nitrogens is 2. The Bertz CT molecular complexity index is 677. The maximum absolute atomic E-state index is 12.2. The summed E-state index contributed by atoms with van der Waals surface area (Å²) in [4.78, 5) is 0.0472. The molecular formula is C12H16N4O2S. The number of nitrogens with zero attached hydrogens (tertiary/aromatic N) is 2. The van der Waals surface area contributed by atoms with Crippen molar-refractivity contribution in [3.05, 3.63) is 41.6 Å². The van der Waals surface area contributed by atoms with Gasteiger partial charge in [-0.2, -0.15) is 5.10 Å². The molecule has 0 amide bonds. The van der Waals surface area contributed by atoms with Gasteiger partial charge in [-0.15, -0.1) is 0 Å². The van der Waals surface area contributed by atoms with Gasteiger partial charge >= 0.3 is 0 Å². The quantitative estimate of drug-likeness (QED) is 0.866. The summed E-state index contributed by atoms with van der Waals surface area (Å²) < 4.78 is 28.3. The van der Waals surface area contributed by atoms with Gasteiger partial charge < -0.3 is 5.73 Å². The summed E-state index contributed by atoms with van der Waals surface area (Å²) in [5.41, 5.74) is 7.01. The average Bonchev–Trinajstić information content (AvgIpc) is 2.63. The van der Waals surface area contributed by atoms with Crippen molar-refractivity contribution >= 4 is 15.8 Å². The molecule has 0 aliphatic rings. The van der Waals surface area contributed by atoms with E-state index < -0.39 is 10.0 Å². The lowest BCUT2D eigenvalue weighted by Gasteiger charge is -2.07. The van der Waals surface area contributed by atoms with Crippen LogP contribution in [0.1, 0.15) is 11.3 Å². The van der Waals surface area contributed by atoms with Gasteiger partial charge in [0.25, 0.3) is 0 Å². The number of sulfonamides is 1. The molecule has 0 aliphatic carbocycles. The first-order chi connectivity index (χ1) is 8.92. The first-order valence-electron chi connectivity index (χ1n) is 5.74. The van der Waals surface area contributed by atoms with E-state index >= 15 is 0 Å². The molecule has 0 spiro atoms. The number of benzene rings is 1. The van der Waals surface area contributed by atoms with Crippen LogP contribution in [0, 0.1) is 6.92 Å². The van der Waals surface area contributed by atoms with E-state index in [1.165, 1.54) is 4.68 Å². The van der Waals surface area contributed by atoms with E-state index in [0.29, 0.717) is 5.69 Å². The smallest absolute Gasteiger partial charge is 0.246 e. The summed E-state index contributed by atoms with van der Waals surface area (Å²) in [5.74, 6) is 0.137. The highest BCUT2D eigenvalue weighted by Gasteiger charge is 2.24. The molecular weight excluding hydrogens is 264 g/mol. The highest BCUT2D eigenvalue weighted by atomic mass is 32.2. The molecule has 2 rings (SSSR count). The van der Waals surface area contributed by atoms with E-state index in [0.717, 1.165) is 5.56 Å². The molecule has 19 heavy (non-hydrogen) atoms. The molecule has 0 bridgehead atoms. The van der Waals surface area contributed by atoms with Crippen molar-refractivity contribution < 1.29 is 8.42 Å². The number of rotatable bonds is 4. The van der Waals surface area contributed by atoms with Gasteiger partial charge in [-0.1, -0.05) is 30.3 Å². The minimum absolute atomic E-state index is 0.0472. The second-order valence-corrected chi connectivity index (χ2v) is 5.94. The Labute approximate surface area is 112 Å². The fourth-order valence-corrected chi connectivity index (χ4v) is 3.17. The van der Waals surface area contributed by atoms with E-state index in [4.69, 9.17) is 5.73 Å². The molecule has 6 nitrogen and oxygen atoms in total. The van der Waals surface area contributed by atoms with E-state index in [-0.39, 0.29) is 17.3 Å². The summed E-state index contributed by atoms with van der Waals surface area (Å²) in [5, 5.41) is 4.00. The maximum Gasteiger partial charge on any atom is 0.246 e. The first kappa shape index (κ1) is 13.6. The summed E-state index contributed by atoms with van der Waals surface area (Å²) in [6.07, 6.45) is 0. The van der Waals surface area contributed by atoms with Crippen LogP contribution >= 0.6 is 0 Å². The molecule has 3 N–H and O–H groups in total. The molecule has 1 aromatic carbocycles. The molecule has 102 valence electrons. The lowest BCUT2D eigenvalue weighted by molar-refractivity contribution is 0.581. The number of nitrogens with two attached hydrogens (primary N) is 1. The Hall–Kier alpha value is -1.86. The second-order valence-electron chi connectivity index (χ2n) is 4.23. The van der Waals surface area contributed by atoms with Crippen molar-refractivity contribution in [3.63, 3.8) is 0 Å². The highest BCUT2D eigenvalue weighted by molar-refractivity contribution is 7.89. The average molecular weight is 280 g/mol. The van der Waals surface area contributed by atoms with Crippen molar-refractivity contribution in [3.8, 4) is 0 Å². The third-order valence-corrected chi connectivity index (χ3v) is 4.35. The molecule has 0 aliphatic heterocycles. The zero-order valence-electron chi connectivity index (χ0n) is 10.8. The monoisotopic (exact) mass is 280 g/mol. The van der Waals surface area contributed by atoms with E-state index in [1.54, 1.807) is 14.0 Å². The van der Waals surface area contributed by atoms with Crippen molar-refractivity contribution in [2.45, 2.75) is 18.4 Å². The molecule has 0 saturated carbocycles. The van der Waals surface area contributed by atoms with Gasteiger partial charge in [-0.25, -0.2) is 13.1 Å². The summed E-state index contributed by atoms with van der Waals surface area (Å²) in [6, 6.07) is 9.28. The van der Waals surface area contributed by atoms with Crippen LogP contribution in [0.25, 0.3) is 0 Å². The largest absolute Gasteiger partial charge is 0.383 e. The van der Waals surface area contributed by atoms with Gasteiger partial charge in [0.05, 0.1) is 5.69 Å². The van der Waals surface area contributed by atoms with Crippen molar-refractivity contribution in [2.24, 2.45) is 7.05 Å². The molecule has 1 aromatic heterocycles. The van der Waals surface area contributed by atoms with Crippen molar-refractivity contribution in [1.82, 2.24) is 14.5 Å². The molecule has 0 saturated heterocycles.